The van der Waals surface area contributed by atoms with Crippen LogP contribution in [0.25, 0.3) is 0 Å². The largest absolute Gasteiger partial charge is 0.467 e. The van der Waals surface area contributed by atoms with Gasteiger partial charge in [-0.2, -0.15) is 0 Å². The van der Waals surface area contributed by atoms with Crippen LogP contribution < -0.4 is 96.2 Å². The molecule has 9 heterocycles. The number of aliphatic hydroxyl groups is 22. The molecule has 4 aliphatic carbocycles. The number of rotatable bonds is 47. The van der Waals surface area contributed by atoms with Gasteiger partial charge < -0.3 is 294 Å². The fraction of sp³-hybridized carbons (Fsp3) is 0.920. The van der Waals surface area contributed by atoms with Gasteiger partial charge in [-0.3, -0.25) is 4.79 Å². The van der Waals surface area contributed by atoms with Gasteiger partial charge in [0.1, 0.15) is 169 Å². The van der Waals surface area contributed by atoms with Gasteiger partial charge in [0.15, 0.2) is 43.5 Å². The molecule has 13 rings (SSSR count). The molecule has 0 aromatic heterocycles. The van der Waals surface area contributed by atoms with Crippen LogP contribution in [0.5, 0.6) is 0 Å². The highest BCUT2D eigenvalue weighted by Gasteiger charge is 2.62. The number of aliphatic hydroxyl groups excluding tert-OH is 21. The fourth-order valence-corrected chi connectivity index (χ4v) is 20.0. The van der Waals surface area contributed by atoms with Crippen LogP contribution in [-0.4, -0.2) is 529 Å². The highest BCUT2D eigenvalue weighted by Crippen LogP contribution is 2.45. The summed E-state index contributed by atoms with van der Waals surface area (Å²) in [5.41, 5.74) is 83.6. The van der Waals surface area contributed by atoms with E-state index in [1.807, 2.05) is 6.08 Å². The minimum atomic E-state index is -1.69. The van der Waals surface area contributed by atoms with Crippen molar-refractivity contribution >= 4 is 5.78 Å². The van der Waals surface area contributed by atoms with E-state index in [9.17, 15) is 102 Å². The molecule has 53 N–H and O–H groups in total. The third-order valence-corrected chi connectivity index (χ3v) is 29.0. The molecule has 0 aromatic carbocycles. The van der Waals surface area contributed by atoms with E-state index < -0.39 is 350 Å². The smallest absolute Gasteiger partial charge is 0.215 e. The van der Waals surface area contributed by atoms with Crippen LogP contribution in [0.1, 0.15) is 77.0 Å². The van der Waals surface area contributed by atoms with Crippen molar-refractivity contribution in [3.05, 3.63) is 35.5 Å². The first-order chi connectivity index (χ1) is 69.6. The van der Waals surface area contributed by atoms with Gasteiger partial charge in [0, 0.05) is 82.8 Å². The lowest BCUT2D eigenvalue weighted by molar-refractivity contribution is -0.283. The SMILES string of the molecule is NCC(O)CC[C@@H]1C[C@H](N)[C@@H](O[C@H]2OC(CNCCO)=CC[C@H]2N)[C@H](O[C@@H]2O[C@H](CO)[C@@H](O[C@H]3O[C@@H](CN)[C@@H](O)[C@H](O)[C@H]3N)[C@H]2O)[C@H]1O.NC[C@@H]1O[C@H](O[C@H]2[C@@H](O)[C@H](O[C@@H]3[C@@H](O)[C@H](CC(=O)C4(O)CC4N)C[C@H](N)[C@H]3O[C@H]3OC(CNCCO)=CC[C@H]3N)O[C@@H]2CO)[C@H](N)[C@@H](O)[C@@H]1O.NC[C@@H]1O[C@H](O[C@H]2[C@@H](O)[C@H](O[C@@H]3[C@@H](O)[C@H](CCC(O)CO)C[C@H](N)[C@H]3O[C@H]3OC(CNCCO)=CC[C@H]3N)O[C@@H]2CO)[C@H](N)[C@@H](O)[C@@H]1O. The molecule has 4 saturated carbocycles. The molecule has 0 spiro atoms. The molecule has 58 nitrogen and oxygen atoms in total. The van der Waals surface area contributed by atoms with E-state index >= 15 is 0 Å². The average Bonchev–Trinajstić information content (AvgIpc) is 1.53. The summed E-state index contributed by atoms with van der Waals surface area (Å²) < 4.78 is 108. The van der Waals surface area contributed by atoms with E-state index in [0.29, 0.717) is 82.1 Å². The second kappa shape index (κ2) is 57.2. The van der Waals surface area contributed by atoms with Crippen LogP contribution >= 0.6 is 0 Å². The van der Waals surface area contributed by atoms with Crippen molar-refractivity contribution in [3.63, 3.8) is 0 Å². The van der Waals surface area contributed by atoms with Crippen molar-refractivity contribution in [3.8, 4) is 0 Å². The molecule has 4 unspecified atom stereocenters. The quantitative estimate of drug-likeness (QED) is 0.0252. The van der Waals surface area contributed by atoms with Crippen molar-refractivity contribution < 1.29 is 202 Å². The highest BCUT2D eigenvalue weighted by atomic mass is 16.8. The molecule has 0 aromatic rings. The summed E-state index contributed by atoms with van der Waals surface area (Å²) >= 11 is 0. The first-order valence-electron chi connectivity index (χ1n) is 50.0. The molecule has 10 fully saturated rings. The number of nitrogens with two attached hydrogens (primary N) is 14. The zero-order chi connectivity index (χ0) is 107. The molecule has 0 bridgehead atoms. The van der Waals surface area contributed by atoms with Crippen molar-refractivity contribution in [2.45, 2.75) is 377 Å². The Morgan fingerprint density at radius 2 is 0.623 bits per heavy atom. The van der Waals surface area contributed by atoms with Crippen LogP contribution in [0.15, 0.2) is 35.5 Å². The molecule has 52 atom stereocenters. The lowest BCUT2D eigenvalue weighted by Gasteiger charge is -2.46. The van der Waals surface area contributed by atoms with Gasteiger partial charge >= 0.3 is 0 Å². The molecule has 848 valence electrons. The van der Waals surface area contributed by atoms with Crippen molar-refractivity contribution in [1.29, 1.82) is 0 Å². The van der Waals surface area contributed by atoms with Crippen molar-refractivity contribution in [2.75, 3.05) is 112 Å². The molecule has 0 amide bonds. The maximum absolute atomic E-state index is 13.0. The maximum atomic E-state index is 13.0. The summed E-state index contributed by atoms with van der Waals surface area (Å²) in [4.78, 5) is 13.0. The first kappa shape index (κ1) is 122. The van der Waals surface area contributed by atoms with Gasteiger partial charge in [0.25, 0.3) is 0 Å². The van der Waals surface area contributed by atoms with Crippen LogP contribution in [0, 0.1) is 17.8 Å². The van der Waals surface area contributed by atoms with E-state index in [4.69, 9.17) is 181 Å². The third kappa shape index (κ3) is 30.3. The molecule has 9 aliphatic heterocycles. The number of nitrogens with one attached hydrogen (secondary N) is 3. The average molecular weight is 2120 g/mol. The van der Waals surface area contributed by atoms with Gasteiger partial charge in [-0.15, -0.1) is 0 Å². The lowest BCUT2D eigenvalue weighted by atomic mass is 9.76. The molecule has 13 aliphatic rings. The standard InChI is InChI=1S/C30H54N6O14.C29H56N6O13.C29H55N5O14/c31-8-15-21(41)22(42)19(35)28(46-15)49-25-16(10-38)47-29(23(25)43)50-26-20(40)11(6-18(39)30(44)7-17(30)34)5-14(33)24(26)48-27-13(32)2-1-12(45-27)9-36-3-4-37;30-8-13(38)2-1-12-7-16(33)24(46-27-15(32)4-3-14(43-27)10-35-5-6-36)26(20(12)39)48-29-23(42)25(18(11-37)45-29)47-28-19(34)22(41)21(40)17(9-31)44-28;30-8-17-21(40)22(41)19(33)28(44-17)47-25-18(11-37)45-29(23(25)42)48-26-20(39)12(1-2-13(38)10-36)7-16(32)24(26)46-27-15(31)4-3-14(43-27)9-34-5-6-35/h1,11,13-17,19-29,36-38,40-44H,2-10,31-35H2;3,12-13,15-29,35-42H,1-2,4-11,30-34H2;3,12-13,15-29,34-42H,1-2,4-11,30-33H2/t11-,13+,14-,15-,16+,17?,19+,20-,21+,22+,23+,24+,25+,26+,27+,28+,29-,30?;2*12-,13?,15-,16+,17+,18-,19-,20+,21-,22-,23-,24-,25-,26-,27-,28-,29+/m011/s1. The van der Waals surface area contributed by atoms with E-state index in [0.717, 1.165) is 0 Å². The Bertz CT molecular complexity index is 3790. The number of Topliss-reactive ketones (excluding diaryl/α,β-unsaturated/α-hetero) is 1. The Kier molecular flexibility index (Phi) is 47.9. The van der Waals surface area contributed by atoms with Gasteiger partial charge in [-0.25, -0.2) is 0 Å². The zero-order valence-corrected chi connectivity index (χ0v) is 81.4. The molecule has 6 saturated heterocycles. The second-order valence-electron chi connectivity index (χ2n) is 39.6. The van der Waals surface area contributed by atoms with Crippen molar-refractivity contribution in [1.82, 2.24) is 16.0 Å². The minimum absolute atomic E-state index is 0.0445. The summed E-state index contributed by atoms with van der Waals surface area (Å²) in [5, 5.41) is 237. The number of ketones is 1. The van der Waals surface area contributed by atoms with Crippen LogP contribution in [0.3, 0.4) is 0 Å². The molecule has 58 heteroatoms. The van der Waals surface area contributed by atoms with Crippen molar-refractivity contribution in [2.24, 2.45) is 98.0 Å². The minimum Gasteiger partial charge on any atom is -0.467 e. The van der Waals surface area contributed by atoms with E-state index in [1.165, 1.54) is 0 Å². The molecule has 0 radical (unpaired) electrons. The Morgan fingerprint density at radius 1 is 0.349 bits per heavy atom. The van der Waals surface area contributed by atoms with Gasteiger partial charge in [-0.05, 0) is 100 Å². The summed E-state index contributed by atoms with van der Waals surface area (Å²) in [6.45, 7) is -1.07. The predicted octanol–water partition coefficient (Wildman–Crippen LogP) is -20.7. The summed E-state index contributed by atoms with van der Waals surface area (Å²) in [5.74, 6) is -0.774. The molecule has 146 heavy (non-hydrogen) atoms. The summed E-state index contributed by atoms with van der Waals surface area (Å²) in [6, 6.07) is -8.64. The number of carbonyl (C=O) groups excluding carboxylic acids is 1. The predicted molar refractivity (Wildman–Crippen MR) is 499 cm³/mol. The maximum Gasteiger partial charge on any atom is 0.215 e. The molecular weight excluding hydrogens is 1950 g/mol. The van der Waals surface area contributed by atoms with E-state index in [1.54, 1.807) is 12.2 Å². The molecular formula is C88H165N17O41. The second-order valence-corrected chi connectivity index (χ2v) is 39.6. The topological polar surface area (TPSA) is 1030 Å². The monoisotopic (exact) mass is 2120 g/mol. The first-order valence-corrected chi connectivity index (χ1v) is 50.0. The number of carbonyl (C=O) groups is 1. The number of hydrogen-bond donors (Lipinski definition) is 39. The van der Waals surface area contributed by atoms with Crippen LogP contribution in [0.2, 0.25) is 0 Å². The Morgan fingerprint density at radius 3 is 0.897 bits per heavy atom. The number of ether oxygens (including phenoxy) is 18. The van der Waals surface area contributed by atoms with Gasteiger partial charge in [-0.1, -0.05) is 0 Å². The summed E-state index contributed by atoms with van der Waals surface area (Å²) in [6.07, 6.45) is -40.1. The highest BCUT2D eigenvalue weighted by molar-refractivity contribution is 5.91. The zero-order valence-electron chi connectivity index (χ0n) is 81.4. The fourth-order valence-electron chi connectivity index (χ4n) is 20.0. The van der Waals surface area contributed by atoms with E-state index in [-0.39, 0.29) is 97.5 Å². The van der Waals surface area contributed by atoms with Gasteiger partial charge in [0.05, 0.1) is 133 Å². The third-order valence-electron chi connectivity index (χ3n) is 29.0. The van der Waals surface area contributed by atoms with Crippen LogP contribution in [-0.2, 0) is 90.1 Å². The Labute approximate surface area is 842 Å². The Balaban J connectivity index is 0.000000208. The lowest BCUT2D eigenvalue weighted by Crippen LogP contribution is -2.64. The van der Waals surface area contributed by atoms with Gasteiger partial charge in [0.2, 0.25) is 18.9 Å². The Hall–Kier alpha value is -3.87. The van der Waals surface area contributed by atoms with E-state index in [2.05, 4.69) is 16.0 Å². The number of hydrogen-bond acceptors (Lipinski definition) is 58. The van der Waals surface area contributed by atoms with Crippen LogP contribution in [0.4, 0.5) is 0 Å². The summed E-state index contributed by atoms with van der Waals surface area (Å²) in [7, 11) is 0. The normalized spacial score (nSPS) is 45.5.